The number of amides is 1. The Bertz CT molecular complexity index is 410. The second kappa shape index (κ2) is 9.47. The van der Waals surface area contributed by atoms with E-state index >= 15 is 0 Å². The van der Waals surface area contributed by atoms with Gasteiger partial charge in [0.15, 0.2) is 0 Å². The Labute approximate surface area is 120 Å². The molecule has 0 unspecified atom stereocenters. The van der Waals surface area contributed by atoms with Gasteiger partial charge in [-0.05, 0) is 25.1 Å². The fourth-order valence-electron chi connectivity index (χ4n) is 1.85. The lowest BCUT2D eigenvalue weighted by molar-refractivity contribution is -0.117. The molecule has 0 aromatic heterocycles. The van der Waals surface area contributed by atoms with Crippen molar-refractivity contribution >= 4 is 11.6 Å². The van der Waals surface area contributed by atoms with E-state index in [1.54, 1.807) is 0 Å². The van der Waals surface area contributed by atoms with Crippen molar-refractivity contribution < 1.29 is 14.6 Å². The van der Waals surface area contributed by atoms with E-state index in [2.05, 4.69) is 12.2 Å². The number of rotatable bonds is 9. The van der Waals surface area contributed by atoms with Crippen molar-refractivity contribution in [2.75, 3.05) is 45.3 Å². The average molecular weight is 280 g/mol. The first kappa shape index (κ1) is 16.6. The van der Waals surface area contributed by atoms with Gasteiger partial charge in [-0.3, -0.25) is 9.69 Å². The molecule has 0 heterocycles. The number of carbonyl (C=O) groups is 1. The molecule has 1 aromatic carbocycles. The number of aliphatic hydroxyl groups excluding tert-OH is 1. The molecule has 1 amide bonds. The number of aryl methyl sites for hydroxylation is 1. The standard InChI is InChI=1S/C15H24N2O3/c1-3-13-6-4-5-7-14(13)16-15(19)12-17(2)8-10-20-11-9-18/h4-7,18H,3,8-12H2,1-2H3,(H,16,19). The quantitative estimate of drug-likeness (QED) is 0.666. The number of para-hydroxylation sites is 1. The third-order valence-electron chi connectivity index (χ3n) is 2.94. The Morgan fingerprint density at radius 2 is 2.10 bits per heavy atom. The highest BCUT2D eigenvalue weighted by Gasteiger charge is 2.08. The lowest BCUT2D eigenvalue weighted by atomic mass is 10.1. The molecular formula is C15H24N2O3. The van der Waals surface area contributed by atoms with Crippen molar-refractivity contribution in [1.82, 2.24) is 4.90 Å². The van der Waals surface area contributed by atoms with Gasteiger partial charge in [0.1, 0.15) is 0 Å². The van der Waals surface area contributed by atoms with Crippen molar-refractivity contribution in [3.8, 4) is 0 Å². The second-order valence-corrected chi connectivity index (χ2v) is 4.63. The SMILES string of the molecule is CCc1ccccc1NC(=O)CN(C)CCOCCO. The number of nitrogens with zero attached hydrogens (tertiary/aromatic N) is 1. The molecule has 112 valence electrons. The molecule has 0 atom stereocenters. The van der Waals surface area contributed by atoms with E-state index < -0.39 is 0 Å². The monoisotopic (exact) mass is 280 g/mol. The Morgan fingerprint density at radius 3 is 2.80 bits per heavy atom. The molecule has 20 heavy (non-hydrogen) atoms. The van der Waals surface area contributed by atoms with Gasteiger partial charge in [0.05, 0.1) is 26.4 Å². The number of aliphatic hydroxyl groups is 1. The first-order chi connectivity index (χ1) is 9.67. The molecule has 0 radical (unpaired) electrons. The molecular weight excluding hydrogens is 256 g/mol. The summed E-state index contributed by atoms with van der Waals surface area (Å²) in [4.78, 5) is 13.8. The summed E-state index contributed by atoms with van der Waals surface area (Å²) < 4.78 is 5.17. The van der Waals surface area contributed by atoms with Crippen LogP contribution in [0.25, 0.3) is 0 Å². The van der Waals surface area contributed by atoms with Gasteiger partial charge in [-0.1, -0.05) is 25.1 Å². The zero-order valence-electron chi connectivity index (χ0n) is 12.3. The first-order valence-corrected chi connectivity index (χ1v) is 6.92. The predicted molar refractivity (Wildman–Crippen MR) is 79.9 cm³/mol. The average Bonchev–Trinajstić information content (AvgIpc) is 2.44. The fraction of sp³-hybridized carbons (Fsp3) is 0.533. The summed E-state index contributed by atoms with van der Waals surface area (Å²) >= 11 is 0. The molecule has 0 spiro atoms. The number of nitrogens with one attached hydrogen (secondary N) is 1. The summed E-state index contributed by atoms with van der Waals surface area (Å²) in [6.07, 6.45) is 0.890. The maximum absolute atomic E-state index is 11.9. The van der Waals surface area contributed by atoms with E-state index in [1.807, 2.05) is 36.2 Å². The molecule has 1 aromatic rings. The van der Waals surface area contributed by atoms with Crippen LogP contribution in [0.1, 0.15) is 12.5 Å². The molecule has 0 fully saturated rings. The van der Waals surface area contributed by atoms with Gasteiger partial charge in [-0.15, -0.1) is 0 Å². The maximum Gasteiger partial charge on any atom is 0.238 e. The van der Waals surface area contributed by atoms with Crippen LogP contribution in [0.15, 0.2) is 24.3 Å². The smallest absolute Gasteiger partial charge is 0.238 e. The third-order valence-corrected chi connectivity index (χ3v) is 2.94. The highest BCUT2D eigenvalue weighted by molar-refractivity contribution is 5.92. The molecule has 0 aliphatic carbocycles. The lowest BCUT2D eigenvalue weighted by Crippen LogP contribution is -2.32. The topological polar surface area (TPSA) is 61.8 Å². The summed E-state index contributed by atoms with van der Waals surface area (Å²) in [5, 5.41) is 11.5. The second-order valence-electron chi connectivity index (χ2n) is 4.63. The summed E-state index contributed by atoms with van der Waals surface area (Å²) in [5.41, 5.74) is 2.01. The van der Waals surface area contributed by atoms with Crippen LogP contribution in [-0.2, 0) is 16.0 Å². The van der Waals surface area contributed by atoms with Crippen LogP contribution in [0, 0.1) is 0 Å². The molecule has 0 saturated heterocycles. The van der Waals surface area contributed by atoms with E-state index in [-0.39, 0.29) is 12.5 Å². The Balaban J connectivity index is 2.35. The van der Waals surface area contributed by atoms with E-state index in [4.69, 9.17) is 9.84 Å². The molecule has 5 nitrogen and oxygen atoms in total. The number of carbonyl (C=O) groups excluding carboxylic acids is 1. The Hall–Kier alpha value is -1.43. The van der Waals surface area contributed by atoms with Crippen LogP contribution in [0.5, 0.6) is 0 Å². The zero-order valence-corrected chi connectivity index (χ0v) is 12.3. The number of benzene rings is 1. The van der Waals surface area contributed by atoms with Gasteiger partial charge in [-0.2, -0.15) is 0 Å². The highest BCUT2D eigenvalue weighted by atomic mass is 16.5. The number of ether oxygens (including phenoxy) is 1. The minimum absolute atomic E-state index is 0.0258. The minimum atomic E-state index is -0.0319. The summed E-state index contributed by atoms with van der Waals surface area (Å²) in [5.74, 6) is -0.0319. The van der Waals surface area contributed by atoms with Crippen molar-refractivity contribution in [2.24, 2.45) is 0 Å². The van der Waals surface area contributed by atoms with E-state index in [1.165, 1.54) is 0 Å². The van der Waals surface area contributed by atoms with E-state index in [0.717, 1.165) is 17.7 Å². The summed E-state index contributed by atoms with van der Waals surface area (Å²) in [7, 11) is 1.87. The maximum atomic E-state index is 11.9. The van der Waals surface area contributed by atoms with E-state index in [0.29, 0.717) is 26.3 Å². The van der Waals surface area contributed by atoms with Crippen molar-refractivity contribution in [1.29, 1.82) is 0 Å². The van der Waals surface area contributed by atoms with Crippen molar-refractivity contribution in [3.63, 3.8) is 0 Å². The van der Waals surface area contributed by atoms with Crippen LogP contribution in [-0.4, -0.2) is 55.9 Å². The van der Waals surface area contributed by atoms with Gasteiger partial charge in [0.25, 0.3) is 0 Å². The fourth-order valence-corrected chi connectivity index (χ4v) is 1.85. The normalized spacial score (nSPS) is 10.8. The van der Waals surface area contributed by atoms with Crippen LogP contribution >= 0.6 is 0 Å². The first-order valence-electron chi connectivity index (χ1n) is 6.92. The highest BCUT2D eigenvalue weighted by Crippen LogP contribution is 2.15. The Morgan fingerprint density at radius 1 is 1.35 bits per heavy atom. The predicted octanol–water partition coefficient (Wildman–Crippen LogP) is 1.13. The van der Waals surface area contributed by atoms with Crippen LogP contribution in [0.2, 0.25) is 0 Å². The molecule has 0 aliphatic rings. The van der Waals surface area contributed by atoms with Crippen molar-refractivity contribution in [3.05, 3.63) is 29.8 Å². The Kier molecular flexibility index (Phi) is 7.87. The number of likely N-dealkylation sites (N-methyl/N-ethyl adjacent to an activating group) is 1. The van der Waals surface area contributed by atoms with E-state index in [9.17, 15) is 4.79 Å². The van der Waals surface area contributed by atoms with Crippen LogP contribution in [0.3, 0.4) is 0 Å². The largest absolute Gasteiger partial charge is 0.394 e. The molecule has 0 aliphatic heterocycles. The van der Waals surface area contributed by atoms with Gasteiger partial charge in [0, 0.05) is 12.2 Å². The van der Waals surface area contributed by atoms with Crippen LogP contribution in [0.4, 0.5) is 5.69 Å². The number of hydrogen-bond acceptors (Lipinski definition) is 4. The molecule has 1 rings (SSSR count). The minimum Gasteiger partial charge on any atom is -0.394 e. The van der Waals surface area contributed by atoms with Gasteiger partial charge < -0.3 is 15.2 Å². The molecule has 2 N–H and O–H groups in total. The molecule has 0 bridgehead atoms. The van der Waals surface area contributed by atoms with Gasteiger partial charge >= 0.3 is 0 Å². The molecule has 0 saturated carbocycles. The lowest BCUT2D eigenvalue weighted by Gasteiger charge is -2.17. The molecule has 5 heteroatoms. The number of hydrogen-bond donors (Lipinski definition) is 2. The zero-order chi connectivity index (χ0) is 14.8. The van der Waals surface area contributed by atoms with Gasteiger partial charge in [0.2, 0.25) is 5.91 Å². The van der Waals surface area contributed by atoms with Crippen molar-refractivity contribution in [2.45, 2.75) is 13.3 Å². The summed E-state index contributed by atoms with van der Waals surface area (Å²) in [6.45, 7) is 3.91. The number of anilines is 1. The van der Waals surface area contributed by atoms with Gasteiger partial charge in [-0.25, -0.2) is 0 Å². The summed E-state index contributed by atoms with van der Waals surface area (Å²) in [6, 6.07) is 7.82. The van der Waals surface area contributed by atoms with Crippen LogP contribution < -0.4 is 5.32 Å². The third kappa shape index (κ3) is 6.14.